The molecule has 0 spiro atoms. The smallest absolute Gasteiger partial charge is 0.314 e. The summed E-state index contributed by atoms with van der Waals surface area (Å²) >= 11 is 1.04. The first kappa shape index (κ1) is 21.2. The van der Waals surface area contributed by atoms with E-state index in [0.717, 1.165) is 15.6 Å². The van der Waals surface area contributed by atoms with Crippen molar-refractivity contribution in [2.75, 3.05) is 10.1 Å². The fraction of sp³-hybridized carbons (Fsp3) is 0.353. The topological polar surface area (TPSA) is 89.2 Å². The SMILES string of the molecule is CCS(=O)(=O)N(Cc1ncc(-c2nnc(C(F)F)o2)s1)c1cccc([C@H](C)F)c1. The molecule has 156 valence electrons. The lowest BCUT2D eigenvalue weighted by Crippen LogP contribution is -2.31. The van der Waals surface area contributed by atoms with Crippen LogP contribution in [0, 0.1) is 0 Å². The predicted octanol–water partition coefficient (Wildman–Crippen LogP) is 4.52. The lowest BCUT2D eigenvalue weighted by molar-refractivity contribution is 0.116. The van der Waals surface area contributed by atoms with Crippen molar-refractivity contribution in [3.63, 3.8) is 0 Å². The molecule has 3 rings (SSSR count). The number of aromatic nitrogens is 3. The summed E-state index contributed by atoms with van der Waals surface area (Å²) in [4.78, 5) is 4.47. The summed E-state index contributed by atoms with van der Waals surface area (Å²) in [6.45, 7) is 2.76. The Hall–Kier alpha value is -2.47. The number of anilines is 1. The van der Waals surface area contributed by atoms with Gasteiger partial charge in [0.1, 0.15) is 16.1 Å². The molecular weight excluding hydrogens is 429 g/mol. The first-order chi connectivity index (χ1) is 13.7. The number of hydrogen-bond donors (Lipinski definition) is 0. The highest BCUT2D eigenvalue weighted by Gasteiger charge is 2.24. The van der Waals surface area contributed by atoms with Crippen LogP contribution in [0.5, 0.6) is 0 Å². The Bertz CT molecular complexity index is 1080. The zero-order chi connectivity index (χ0) is 21.2. The van der Waals surface area contributed by atoms with Crippen molar-refractivity contribution >= 4 is 27.0 Å². The number of sulfonamides is 1. The Morgan fingerprint density at radius 1 is 1.24 bits per heavy atom. The molecule has 0 unspecified atom stereocenters. The maximum absolute atomic E-state index is 13.7. The van der Waals surface area contributed by atoms with E-state index >= 15 is 0 Å². The van der Waals surface area contributed by atoms with Crippen LogP contribution in [0.3, 0.4) is 0 Å². The molecule has 0 fully saturated rings. The second kappa shape index (κ2) is 8.49. The molecule has 0 bridgehead atoms. The average molecular weight is 446 g/mol. The lowest BCUT2D eigenvalue weighted by Gasteiger charge is -2.23. The minimum Gasteiger partial charge on any atom is -0.414 e. The predicted molar refractivity (Wildman–Crippen MR) is 102 cm³/mol. The molecule has 0 amide bonds. The van der Waals surface area contributed by atoms with Crippen LogP contribution in [0.15, 0.2) is 34.9 Å². The van der Waals surface area contributed by atoms with Gasteiger partial charge in [-0.05, 0) is 31.5 Å². The molecule has 0 aliphatic carbocycles. The number of hydrogen-bond acceptors (Lipinski definition) is 7. The second-order valence-electron chi connectivity index (χ2n) is 5.98. The Morgan fingerprint density at radius 3 is 2.62 bits per heavy atom. The summed E-state index contributed by atoms with van der Waals surface area (Å²) in [6, 6.07) is 6.19. The van der Waals surface area contributed by atoms with E-state index in [0.29, 0.717) is 21.1 Å². The normalized spacial score (nSPS) is 13.0. The van der Waals surface area contributed by atoms with Gasteiger partial charge in [0, 0.05) is 0 Å². The zero-order valence-corrected chi connectivity index (χ0v) is 17.1. The van der Waals surface area contributed by atoms with Crippen LogP contribution in [-0.4, -0.2) is 29.4 Å². The fourth-order valence-corrected chi connectivity index (χ4v) is 4.44. The van der Waals surface area contributed by atoms with Gasteiger partial charge in [-0.2, -0.15) is 8.78 Å². The van der Waals surface area contributed by atoms with Gasteiger partial charge in [-0.15, -0.1) is 21.5 Å². The van der Waals surface area contributed by atoms with Crippen LogP contribution in [0.25, 0.3) is 10.8 Å². The van der Waals surface area contributed by atoms with Crippen molar-refractivity contribution in [2.45, 2.75) is 33.0 Å². The third-order valence-corrected chi connectivity index (χ3v) is 6.70. The molecular formula is C17H17F3N4O3S2. The summed E-state index contributed by atoms with van der Waals surface area (Å²) in [5, 5.41) is 7.20. The molecule has 1 atom stereocenters. The van der Waals surface area contributed by atoms with Crippen molar-refractivity contribution in [1.29, 1.82) is 0 Å². The molecule has 2 aromatic heterocycles. The molecule has 3 aromatic rings. The standard InChI is InChI=1S/C17H17F3N4O3S2/c1-3-29(25,26)24(12-6-4-5-11(7-12)10(2)18)9-14-21-8-13(28-14)16-22-23-17(27-16)15(19)20/h4-8,10,15H,3,9H2,1-2H3/t10-/m0/s1. The van der Waals surface area contributed by atoms with E-state index in [1.54, 1.807) is 18.2 Å². The average Bonchev–Trinajstić information content (AvgIpc) is 3.35. The number of thiazole rings is 1. The van der Waals surface area contributed by atoms with E-state index in [4.69, 9.17) is 4.42 Å². The van der Waals surface area contributed by atoms with Crippen molar-refractivity contribution in [2.24, 2.45) is 0 Å². The number of nitrogens with zero attached hydrogens (tertiary/aromatic N) is 4. The van der Waals surface area contributed by atoms with Gasteiger partial charge < -0.3 is 4.42 Å². The largest absolute Gasteiger partial charge is 0.414 e. The van der Waals surface area contributed by atoms with Crippen LogP contribution in [0.2, 0.25) is 0 Å². The zero-order valence-electron chi connectivity index (χ0n) is 15.4. The molecule has 12 heteroatoms. The molecule has 0 saturated carbocycles. The monoisotopic (exact) mass is 446 g/mol. The quantitative estimate of drug-likeness (QED) is 0.506. The van der Waals surface area contributed by atoms with E-state index in [-0.39, 0.29) is 18.2 Å². The van der Waals surface area contributed by atoms with Crippen molar-refractivity contribution in [3.05, 3.63) is 46.9 Å². The highest BCUT2D eigenvalue weighted by Crippen LogP contribution is 2.31. The molecule has 29 heavy (non-hydrogen) atoms. The third-order valence-electron chi connectivity index (χ3n) is 3.99. The van der Waals surface area contributed by atoms with Gasteiger partial charge in [0.2, 0.25) is 10.0 Å². The Morgan fingerprint density at radius 2 is 2.00 bits per heavy atom. The Labute approximate surface area is 169 Å². The highest BCUT2D eigenvalue weighted by molar-refractivity contribution is 7.92. The van der Waals surface area contributed by atoms with E-state index < -0.39 is 28.5 Å². The Kier molecular flexibility index (Phi) is 6.22. The van der Waals surface area contributed by atoms with Gasteiger partial charge in [0.05, 0.1) is 24.2 Å². The summed E-state index contributed by atoms with van der Waals surface area (Å²) in [6.07, 6.45) is -2.80. The van der Waals surface area contributed by atoms with Crippen molar-refractivity contribution < 1.29 is 26.0 Å². The van der Waals surface area contributed by atoms with Crippen LogP contribution in [0.1, 0.15) is 42.9 Å². The van der Waals surface area contributed by atoms with Gasteiger partial charge in [-0.3, -0.25) is 4.31 Å². The number of halogens is 3. The van der Waals surface area contributed by atoms with Crippen molar-refractivity contribution in [3.8, 4) is 10.8 Å². The van der Waals surface area contributed by atoms with Crippen molar-refractivity contribution in [1.82, 2.24) is 15.2 Å². The van der Waals surface area contributed by atoms with Gasteiger partial charge in [0.25, 0.3) is 11.8 Å². The summed E-state index contributed by atoms with van der Waals surface area (Å²) < 4.78 is 70.2. The molecule has 0 aliphatic rings. The molecule has 7 nitrogen and oxygen atoms in total. The maximum atomic E-state index is 13.7. The van der Waals surface area contributed by atoms with Gasteiger partial charge in [0.15, 0.2) is 0 Å². The van der Waals surface area contributed by atoms with E-state index in [2.05, 4.69) is 15.2 Å². The number of rotatable bonds is 8. The van der Waals surface area contributed by atoms with Gasteiger partial charge >= 0.3 is 6.43 Å². The Balaban J connectivity index is 1.91. The van der Waals surface area contributed by atoms with Crippen LogP contribution >= 0.6 is 11.3 Å². The van der Waals surface area contributed by atoms with Crippen LogP contribution in [-0.2, 0) is 16.6 Å². The molecule has 0 aliphatic heterocycles. The van der Waals surface area contributed by atoms with E-state index in [1.165, 1.54) is 26.1 Å². The second-order valence-corrected chi connectivity index (χ2v) is 9.28. The highest BCUT2D eigenvalue weighted by atomic mass is 32.2. The fourth-order valence-electron chi connectivity index (χ4n) is 2.46. The summed E-state index contributed by atoms with van der Waals surface area (Å²) in [7, 11) is -3.69. The molecule has 1 aromatic carbocycles. The van der Waals surface area contributed by atoms with Crippen LogP contribution < -0.4 is 4.31 Å². The maximum Gasteiger partial charge on any atom is 0.314 e. The van der Waals surface area contributed by atoms with E-state index in [9.17, 15) is 21.6 Å². The first-order valence-corrected chi connectivity index (χ1v) is 10.9. The molecule has 0 saturated heterocycles. The van der Waals surface area contributed by atoms with Crippen LogP contribution in [0.4, 0.5) is 18.9 Å². The summed E-state index contributed by atoms with van der Waals surface area (Å²) in [5.41, 5.74) is 0.660. The number of alkyl halides is 3. The minimum absolute atomic E-state index is 0.110. The lowest BCUT2D eigenvalue weighted by atomic mass is 10.1. The van der Waals surface area contributed by atoms with E-state index in [1.807, 2.05) is 0 Å². The first-order valence-electron chi connectivity index (χ1n) is 8.52. The summed E-state index contributed by atoms with van der Waals surface area (Å²) in [5.74, 6) is -1.09. The molecule has 0 N–H and O–H groups in total. The number of benzene rings is 1. The molecule has 2 heterocycles. The van der Waals surface area contributed by atoms with Gasteiger partial charge in [-0.25, -0.2) is 17.8 Å². The molecule has 0 radical (unpaired) electrons. The minimum atomic E-state index is -3.69. The third kappa shape index (κ3) is 4.75. The van der Waals surface area contributed by atoms with Gasteiger partial charge in [-0.1, -0.05) is 12.1 Å².